The van der Waals surface area contributed by atoms with Gasteiger partial charge in [-0.2, -0.15) is 0 Å². The predicted octanol–water partition coefficient (Wildman–Crippen LogP) is 2.02. The molecule has 0 saturated heterocycles. The summed E-state index contributed by atoms with van der Waals surface area (Å²) in [6.07, 6.45) is 3.09. The topological polar surface area (TPSA) is 142 Å². The van der Waals surface area contributed by atoms with E-state index in [0.717, 1.165) is 24.8 Å². The van der Waals surface area contributed by atoms with Gasteiger partial charge in [0, 0.05) is 16.8 Å². The van der Waals surface area contributed by atoms with Crippen molar-refractivity contribution in [2.24, 2.45) is 11.5 Å². The normalized spacial score (nSPS) is 10.2. The van der Waals surface area contributed by atoms with Crippen molar-refractivity contribution in [2.45, 2.75) is 26.2 Å². The number of benzene rings is 2. The van der Waals surface area contributed by atoms with E-state index in [9.17, 15) is 19.2 Å². The number of unbranched alkanes of at least 4 members (excludes halogenated alkanes) is 1. The van der Waals surface area contributed by atoms with E-state index in [1.165, 1.54) is 18.2 Å². The summed E-state index contributed by atoms with van der Waals surface area (Å²) < 4.78 is 5.00. The summed E-state index contributed by atoms with van der Waals surface area (Å²) in [5.74, 6) is -2.84. The molecule has 2 aromatic rings. The summed E-state index contributed by atoms with van der Waals surface area (Å²) >= 11 is 0. The summed E-state index contributed by atoms with van der Waals surface area (Å²) in [4.78, 5) is 46.9. The molecule has 2 rings (SSSR count). The molecule has 0 aromatic heterocycles. The highest BCUT2D eigenvalue weighted by atomic mass is 16.5. The molecule has 0 saturated carbocycles. The van der Waals surface area contributed by atoms with Crippen molar-refractivity contribution >= 4 is 29.4 Å². The molecule has 29 heavy (non-hydrogen) atoms. The van der Waals surface area contributed by atoms with Crippen LogP contribution in [0, 0.1) is 0 Å². The lowest BCUT2D eigenvalue weighted by atomic mass is 10.1. The average molecular weight is 397 g/mol. The van der Waals surface area contributed by atoms with Gasteiger partial charge in [-0.3, -0.25) is 14.4 Å². The molecule has 0 atom stereocenters. The number of hydrogen-bond acceptors (Lipinski definition) is 5. The van der Waals surface area contributed by atoms with Crippen LogP contribution in [0.25, 0.3) is 0 Å². The Morgan fingerprint density at radius 1 is 0.897 bits per heavy atom. The lowest BCUT2D eigenvalue weighted by molar-refractivity contribution is -0.119. The Hall–Kier alpha value is -3.68. The van der Waals surface area contributed by atoms with Gasteiger partial charge in [0.25, 0.3) is 5.91 Å². The van der Waals surface area contributed by atoms with Crippen molar-refractivity contribution in [3.05, 3.63) is 64.7 Å². The molecule has 0 bridgehead atoms. The highest BCUT2D eigenvalue weighted by Gasteiger charge is 2.13. The maximum absolute atomic E-state index is 12.1. The summed E-state index contributed by atoms with van der Waals surface area (Å²) in [6.45, 7) is 1.57. The third kappa shape index (κ3) is 6.46. The zero-order chi connectivity index (χ0) is 21.4. The fourth-order valence-electron chi connectivity index (χ4n) is 2.58. The number of carbonyl (C=O) groups excluding carboxylic acids is 4. The van der Waals surface area contributed by atoms with Gasteiger partial charge < -0.3 is 21.5 Å². The monoisotopic (exact) mass is 397 g/mol. The minimum atomic E-state index is -0.780. The van der Waals surface area contributed by atoms with Crippen molar-refractivity contribution in [1.82, 2.24) is 0 Å². The molecule has 8 nitrogen and oxygen atoms in total. The van der Waals surface area contributed by atoms with Crippen LogP contribution in [-0.2, 0) is 16.0 Å². The number of aryl methyl sites for hydroxylation is 1. The standard InChI is InChI=1S/C21H23N3O5/c1-2-3-4-13-5-7-14(8-6-13)21(28)29-12-18(25)24-17-10-15(19(22)26)9-16(11-17)20(23)27/h5-11H,2-4,12H2,1H3,(H2,22,26)(H2,23,27)(H,24,25). The molecule has 8 heteroatoms. The van der Waals surface area contributed by atoms with E-state index in [2.05, 4.69) is 12.2 Å². The SMILES string of the molecule is CCCCc1ccc(C(=O)OCC(=O)Nc2cc(C(N)=O)cc(C(N)=O)c2)cc1. The number of hydrogen-bond donors (Lipinski definition) is 3. The Kier molecular flexibility index (Phi) is 7.47. The van der Waals surface area contributed by atoms with Gasteiger partial charge in [-0.15, -0.1) is 0 Å². The van der Waals surface area contributed by atoms with Crippen molar-refractivity contribution in [2.75, 3.05) is 11.9 Å². The maximum Gasteiger partial charge on any atom is 0.338 e. The number of nitrogens with two attached hydrogens (primary N) is 2. The van der Waals surface area contributed by atoms with E-state index >= 15 is 0 Å². The van der Waals surface area contributed by atoms with Crippen LogP contribution < -0.4 is 16.8 Å². The molecule has 0 radical (unpaired) electrons. The van der Waals surface area contributed by atoms with Crippen LogP contribution in [0.4, 0.5) is 5.69 Å². The Bertz CT molecular complexity index is 890. The molecule has 0 spiro atoms. The smallest absolute Gasteiger partial charge is 0.338 e. The number of carbonyl (C=O) groups is 4. The minimum absolute atomic E-state index is 0.0109. The zero-order valence-corrected chi connectivity index (χ0v) is 16.1. The maximum atomic E-state index is 12.1. The summed E-state index contributed by atoms with van der Waals surface area (Å²) in [7, 11) is 0. The number of rotatable bonds is 9. The van der Waals surface area contributed by atoms with Crippen LogP contribution in [0.1, 0.15) is 56.4 Å². The third-order valence-corrected chi connectivity index (χ3v) is 4.13. The number of nitrogens with one attached hydrogen (secondary N) is 1. The highest BCUT2D eigenvalue weighted by molar-refractivity contribution is 6.02. The lowest BCUT2D eigenvalue weighted by Crippen LogP contribution is -2.22. The molecule has 152 valence electrons. The average Bonchev–Trinajstić information content (AvgIpc) is 2.70. The van der Waals surface area contributed by atoms with Crippen LogP contribution in [0.3, 0.4) is 0 Å². The van der Waals surface area contributed by atoms with Gasteiger partial charge >= 0.3 is 5.97 Å². The summed E-state index contributed by atoms with van der Waals surface area (Å²) in [6, 6.07) is 10.8. The van der Waals surface area contributed by atoms with Crippen LogP contribution in [0.2, 0.25) is 0 Å². The first-order chi connectivity index (χ1) is 13.8. The van der Waals surface area contributed by atoms with Crippen molar-refractivity contribution in [3.8, 4) is 0 Å². The van der Waals surface area contributed by atoms with Crippen LogP contribution in [-0.4, -0.2) is 30.3 Å². The van der Waals surface area contributed by atoms with E-state index in [1.807, 2.05) is 12.1 Å². The molecule has 3 amide bonds. The van der Waals surface area contributed by atoms with Gasteiger partial charge in [-0.05, 0) is 48.7 Å². The molecule has 5 N–H and O–H groups in total. The predicted molar refractivity (Wildman–Crippen MR) is 107 cm³/mol. The van der Waals surface area contributed by atoms with E-state index in [4.69, 9.17) is 16.2 Å². The number of esters is 1. The van der Waals surface area contributed by atoms with Crippen molar-refractivity contribution in [3.63, 3.8) is 0 Å². The highest BCUT2D eigenvalue weighted by Crippen LogP contribution is 2.15. The van der Waals surface area contributed by atoms with E-state index in [1.54, 1.807) is 12.1 Å². The van der Waals surface area contributed by atoms with Gasteiger partial charge in [-0.25, -0.2) is 4.79 Å². The lowest BCUT2D eigenvalue weighted by Gasteiger charge is -2.09. The number of ether oxygens (including phenoxy) is 1. The Labute approximate surface area is 168 Å². The van der Waals surface area contributed by atoms with E-state index < -0.39 is 30.3 Å². The summed E-state index contributed by atoms with van der Waals surface area (Å²) in [5.41, 5.74) is 12.0. The summed E-state index contributed by atoms with van der Waals surface area (Å²) in [5, 5.41) is 2.44. The van der Waals surface area contributed by atoms with Crippen LogP contribution >= 0.6 is 0 Å². The van der Waals surface area contributed by atoms with Gasteiger partial charge in [-0.1, -0.05) is 25.5 Å². The molecular weight excluding hydrogens is 374 g/mol. The number of amides is 3. The fraction of sp³-hybridized carbons (Fsp3) is 0.238. The fourth-order valence-corrected chi connectivity index (χ4v) is 2.58. The van der Waals surface area contributed by atoms with Gasteiger partial charge in [0.15, 0.2) is 6.61 Å². The third-order valence-electron chi connectivity index (χ3n) is 4.13. The van der Waals surface area contributed by atoms with E-state index in [-0.39, 0.29) is 16.8 Å². The first kappa shape index (κ1) is 21.6. The largest absolute Gasteiger partial charge is 0.452 e. The second-order valence-corrected chi connectivity index (χ2v) is 6.45. The van der Waals surface area contributed by atoms with Gasteiger partial charge in [0.2, 0.25) is 11.8 Å². The Morgan fingerprint density at radius 2 is 1.48 bits per heavy atom. The number of anilines is 1. The zero-order valence-electron chi connectivity index (χ0n) is 16.1. The van der Waals surface area contributed by atoms with Crippen LogP contribution in [0.15, 0.2) is 42.5 Å². The van der Waals surface area contributed by atoms with Gasteiger partial charge in [0.05, 0.1) is 5.56 Å². The Morgan fingerprint density at radius 3 is 2.00 bits per heavy atom. The van der Waals surface area contributed by atoms with Crippen molar-refractivity contribution < 1.29 is 23.9 Å². The second-order valence-electron chi connectivity index (χ2n) is 6.45. The quantitative estimate of drug-likeness (QED) is 0.555. The number of primary amides is 2. The van der Waals surface area contributed by atoms with Crippen LogP contribution in [0.5, 0.6) is 0 Å². The molecule has 0 fully saturated rings. The van der Waals surface area contributed by atoms with Crippen molar-refractivity contribution in [1.29, 1.82) is 0 Å². The minimum Gasteiger partial charge on any atom is -0.452 e. The second kappa shape index (κ2) is 10.0. The molecule has 2 aromatic carbocycles. The molecule has 0 unspecified atom stereocenters. The van der Waals surface area contributed by atoms with E-state index in [0.29, 0.717) is 5.56 Å². The molecule has 0 aliphatic rings. The first-order valence-corrected chi connectivity index (χ1v) is 9.10. The van der Waals surface area contributed by atoms with Gasteiger partial charge in [0.1, 0.15) is 0 Å². The molecule has 0 aliphatic carbocycles. The molecule has 0 aliphatic heterocycles. The first-order valence-electron chi connectivity index (χ1n) is 9.10. The molecular formula is C21H23N3O5. The Balaban J connectivity index is 1.96. The molecule has 0 heterocycles.